The van der Waals surface area contributed by atoms with Gasteiger partial charge in [-0.2, -0.15) is 12.6 Å². The summed E-state index contributed by atoms with van der Waals surface area (Å²) >= 11 is 9.39. The highest BCUT2D eigenvalue weighted by Crippen LogP contribution is 2.21. The van der Waals surface area contributed by atoms with Crippen molar-refractivity contribution in [3.05, 3.63) is 20.8 Å². The fourth-order valence-electron chi connectivity index (χ4n) is 1.26. The number of thiophene rings is 1. The minimum absolute atomic E-state index is 0.0860. The van der Waals surface area contributed by atoms with Crippen molar-refractivity contribution in [3.8, 4) is 0 Å². The number of halogens is 1. The molecule has 1 aromatic rings. The topological polar surface area (TPSA) is 20.3 Å². The highest BCUT2D eigenvalue weighted by atomic mass is 79.9. The van der Waals surface area contributed by atoms with Crippen molar-refractivity contribution in [1.82, 2.24) is 4.90 Å². The minimum atomic E-state index is -0.214. The van der Waals surface area contributed by atoms with E-state index in [2.05, 4.69) is 28.6 Å². The van der Waals surface area contributed by atoms with Crippen molar-refractivity contribution in [2.24, 2.45) is 5.92 Å². The number of rotatable bonds is 4. The molecule has 0 radical (unpaired) electrons. The van der Waals surface area contributed by atoms with Crippen LogP contribution in [0, 0.1) is 5.92 Å². The van der Waals surface area contributed by atoms with Gasteiger partial charge in [-0.05, 0) is 27.9 Å². The van der Waals surface area contributed by atoms with Crippen LogP contribution in [0.1, 0.15) is 18.7 Å². The molecule has 0 aliphatic heterocycles. The number of amides is 1. The fraction of sp³-hybridized carbons (Fsp3) is 0.545. The molecule has 1 rings (SSSR count). The van der Waals surface area contributed by atoms with Crippen molar-refractivity contribution < 1.29 is 4.79 Å². The molecule has 1 amide bonds. The molecule has 0 bridgehead atoms. The normalized spacial score (nSPS) is 12.9. The second-order valence-corrected chi connectivity index (χ2v) is 6.58. The Hall–Kier alpha value is -0.0000000000000000833. The molecule has 0 spiro atoms. The van der Waals surface area contributed by atoms with Gasteiger partial charge in [-0.15, -0.1) is 11.3 Å². The first-order valence-electron chi connectivity index (χ1n) is 5.07. The summed E-state index contributed by atoms with van der Waals surface area (Å²) < 4.78 is 1.07. The lowest BCUT2D eigenvalue weighted by molar-refractivity contribution is -0.130. The minimum Gasteiger partial charge on any atom is -0.340 e. The van der Waals surface area contributed by atoms with Crippen LogP contribution in [0.5, 0.6) is 0 Å². The maximum absolute atomic E-state index is 11.9. The van der Waals surface area contributed by atoms with Gasteiger partial charge >= 0.3 is 0 Å². The summed E-state index contributed by atoms with van der Waals surface area (Å²) in [5, 5.41) is 1.81. The largest absolute Gasteiger partial charge is 0.340 e. The number of hydrogen-bond donors (Lipinski definition) is 1. The summed E-state index contributed by atoms with van der Waals surface area (Å²) in [7, 11) is 1.82. The van der Waals surface area contributed by atoms with Gasteiger partial charge < -0.3 is 4.90 Å². The molecule has 0 N–H and O–H groups in total. The van der Waals surface area contributed by atoms with E-state index in [1.807, 2.05) is 32.3 Å². The summed E-state index contributed by atoms with van der Waals surface area (Å²) in [4.78, 5) is 14.8. The summed E-state index contributed by atoms with van der Waals surface area (Å²) in [6, 6.07) is 2.04. The summed E-state index contributed by atoms with van der Waals surface area (Å²) in [5.41, 5.74) is 0. The quantitative estimate of drug-likeness (QED) is 0.842. The van der Waals surface area contributed by atoms with Crippen LogP contribution in [0.3, 0.4) is 0 Å². The molecule has 0 aliphatic carbocycles. The van der Waals surface area contributed by atoms with Crippen molar-refractivity contribution in [1.29, 1.82) is 0 Å². The Labute approximate surface area is 115 Å². The summed E-state index contributed by atoms with van der Waals surface area (Å²) in [5.74, 6) is 0.344. The van der Waals surface area contributed by atoms with Crippen LogP contribution >= 0.6 is 39.9 Å². The third-order valence-electron chi connectivity index (χ3n) is 2.28. The Balaban J connectivity index is 2.58. The zero-order valence-electron chi connectivity index (χ0n) is 9.61. The van der Waals surface area contributed by atoms with E-state index in [0.29, 0.717) is 6.54 Å². The molecule has 1 unspecified atom stereocenters. The lowest BCUT2D eigenvalue weighted by Gasteiger charge is -2.22. The highest BCUT2D eigenvalue weighted by Gasteiger charge is 2.21. The van der Waals surface area contributed by atoms with Gasteiger partial charge in [-0.1, -0.05) is 13.8 Å². The lowest BCUT2D eigenvalue weighted by Crippen LogP contribution is -2.35. The molecule has 0 aromatic carbocycles. The van der Waals surface area contributed by atoms with Crippen LogP contribution in [0.4, 0.5) is 0 Å². The Morgan fingerprint density at radius 1 is 1.62 bits per heavy atom. The third kappa shape index (κ3) is 3.79. The molecule has 5 heteroatoms. The van der Waals surface area contributed by atoms with Crippen molar-refractivity contribution in [2.75, 3.05) is 7.05 Å². The molecule has 0 aliphatic rings. The molecule has 1 atom stereocenters. The van der Waals surface area contributed by atoms with Crippen LogP contribution in [0.25, 0.3) is 0 Å². The Bertz CT molecular complexity index is 365. The average molecular weight is 322 g/mol. The van der Waals surface area contributed by atoms with Gasteiger partial charge in [-0.25, -0.2) is 0 Å². The second-order valence-electron chi connectivity index (χ2n) is 4.11. The van der Waals surface area contributed by atoms with E-state index >= 15 is 0 Å². The molecule has 90 valence electrons. The van der Waals surface area contributed by atoms with E-state index in [0.717, 1.165) is 4.47 Å². The zero-order chi connectivity index (χ0) is 12.3. The maximum atomic E-state index is 11.9. The van der Waals surface area contributed by atoms with E-state index in [9.17, 15) is 4.79 Å². The smallest absolute Gasteiger partial charge is 0.235 e. The van der Waals surface area contributed by atoms with Crippen LogP contribution in [-0.4, -0.2) is 23.1 Å². The first-order chi connectivity index (χ1) is 7.41. The first kappa shape index (κ1) is 14.1. The Morgan fingerprint density at radius 2 is 2.25 bits per heavy atom. The molecule has 1 heterocycles. The Morgan fingerprint density at radius 3 is 2.69 bits per heavy atom. The maximum Gasteiger partial charge on any atom is 0.235 e. The highest BCUT2D eigenvalue weighted by molar-refractivity contribution is 9.10. The third-order valence-corrected chi connectivity index (χ3v) is 4.78. The van der Waals surface area contributed by atoms with E-state index in [1.165, 1.54) is 4.88 Å². The summed E-state index contributed by atoms with van der Waals surface area (Å²) in [6.45, 7) is 4.66. The van der Waals surface area contributed by atoms with Gasteiger partial charge in [0.1, 0.15) is 0 Å². The van der Waals surface area contributed by atoms with Gasteiger partial charge in [0, 0.05) is 21.8 Å². The van der Waals surface area contributed by atoms with Gasteiger partial charge in [0.15, 0.2) is 0 Å². The zero-order valence-corrected chi connectivity index (χ0v) is 12.9. The number of hydrogen-bond acceptors (Lipinski definition) is 3. The predicted octanol–water partition coefficient (Wildman–Crippen LogP) is 3.42. The average Bonchev–Trinajstić information content (AvgIpc) is 2.61. The van der Waals surface area contributed by atoms with E-state index in [1.54, 1.807) is 16.2 Å². The van der Waals surface area contributed by atoms with Crippen molar-refractivity contribution >= 4 is 45.8 Å². The first-order valence-corrected chi connectivity index (χ1v) is 7.26. The van der Waals surface area contributed by atoms with E-state index < -0.39 is 0 Å². The molecule has 16 heavy (non-hydrogen) atoms. The summed E-state index contributed by atoms with van der Waals surface area (Å²) in [6.07, 6.45) is 0. The molecule has 0 fully saturated rings. The fourth-order valence-corrected chi connectivity index (χ4v) is 2.96. The second kappa shape index (κ2) is 6.07. The molecule has 0 saturated carbocycles. The number of carbonyl (C=O) groups excluding carboxylic acids is 1. The van der Waals surface area contributed by atoms with Crippen LogP contribution in [0.2, 0.25) is 0 Å². The van der Waals surface area contributed by atoms with Crippen LogP contribution in [-0.2, 0) is 11.3 Å². The SMILES string of the molecule is CC(C)C(S)C(=O)N(C)Cc1cc(Br)cs1. The van der Waals surface area contributed by atoms with E-state index in [-0.39, 0.29) is 17.1 Å². The Kier molecular flexibility index (Phi) is 5.34. The van der Waals surface area contributed by atoms with Crippen molar-refractivity contribution in [2.45, 2.75) is 25.6 Å². The van der Waals surface area contributed by atoms with Crippen LogP contribution in [0.15, 0.2) is 15.9 Å². The number of thiol groups is 1. The van der Waals surface area contributed by atoms with Gasteiger partial charge in [0.25, 0.3) is 0 Å². The molecule has 2 nitrogen and oxygen atoms in total. The van der Waals surface area contributed by atoms with Gasteiger partial charge in [0.2, 0.25) is 5.91 Å². The predicted molar refractivity (Wildman–Crippen MR) is 76.1 cm³/mol. The lowest BCUT2D eigenvalue weighted by atomic mass is 10.1. The monoisotopic (exact) mass is 321 g/mol. The van der Waals surface area contributed by atoms with Crippen molar-refractivity contribution in [3.63, 3.8) is 0 Å². The van der Waals surface area contributed by atoms with Gasteiger partial charge in [-0.3, -0.25) is 4.79 Å². The van der Waals surface area contributed by atoms with Gasteiger partial charge in [0.05, 0.1) is 11.8 Å². The molecule has 1 aromatic heterocycles. The van der Waals surface area contributed by atoms with Crippen LogP contribution < -0.4 is 0 Å². The number of carbonyl (C=O) groups is 1. The molecule has 0 saturated heterocycles. The molecular weight excluding hydrogens is 306 g/mol. The van der Waals surface area contributed by atoms with E-state index in [4.69, 9.17) is 0 Å². The molecular formula is C11H16BrNOS2. The number of nitrogens with zero attached hydrogens (tertiary/aromatic N) is 1. The standard InChI is InChI=1S/C11H16BrNOS2/c1-7(2)10(15)11(14)13(3)5-9-4-8(12)6-16-9/h4,6-7,10,15H,5H2,1-3H3.